The summed E-state index contributed by atoms with van der Waals surface area (Å²) < 4.78 is 4.11. The summed E-state index contributed by atoms with van der Waals surface area (Å²) in [5.74, 6) is 2.03. The maximum Gasteiger partial charge on any atom is 0.302 e. The molecule has 2 fully saturated rings. The molecular weight excluding hydrogens is 212 g/mol. The molecule has 2 saturated carbocycles. The van der Waals surface area contributed by atoms with Crippen molar-refractivity contribution in [2.24, 2.45) is 11.8 Å². The van der Waals surface area contributed by atoms with Gasteiger partial charge in [0, 0.05) is 6.92 Å². The first-order chi connectivity index (χ1) is 8.24. The Hall–Kier alpha value is -0.530. The molecule has 0 amide bonds. The molecule has 0 bridgehead atoms. The van der Waals surface area contributed by atoms with E-state index in [1.807, 2.05) is 0 Å². The molecule has 0 aromatic heterocycles. The average Bonchev–Trinajstić information content (AvgIpc) is 2.41. The van der Waals surface area contributed by atoms with Crippen molar-refractivity contribution in [2.45, 2.75) is 71.1 Å². The highest BCUT2D eigenvalue weighted by Crippen LogP contribution is 2.37. The van der Waals surface area contributed by atoms with E-state index in [4.69, 9.17) is 0 Å². The van der Waals surface area contributed by atoms with Crippen LogP contribution in [-0.4, -0.2) is 13.1 Å². The fourth-order valence-corrected chi connectivity index (χ4v) is 3.21. The molecule has 2 aliphatic rings. The first-order valence-electron chi connectivity index (χ1n) is 7.28. The van der Waals surface area contributed by atoms with Gasteiger partial charge in [0.15, 0.2) is 0 Å². The van der Waals surface area contributed by atoms with Gasteiger partial charge < -0.3 is 4.74 Å². The number of hydrogen-bond donors (Lipinski definition) is 0. The summed E-state index contributed by atoms with van der Waals surface area (Å²) >= 11 is 0. The van der Waals surface area contributed by atoms with Crippen LogP contribution >= 0.6 is 0 Å². The van der Waals surface area contributed by atoms with Gasteiger partial charge >= 0.3 is 5.97 Å². The van der Waals surface area contributed by atoms with E-state index in [-0.39, 0.29) is 5.97 Å². The third kappa shape index (κ3) is 6.09. The van der Waals surface area contributed by atoms with Crippen LogP contribution in [0.4, 0.5) is 0 Å². The molecule has 0 N–H and O–H groups in total. The van der Waals surface area contributed by atoms with Crippen molar-refractivity contribution < 1.29 is 9.53 Å². The largest absolute Gasteiger partial charge is 0.469 e. The molecular formula is C15H28O2. The van der Waals surface area contributed by atoms with Crippen LogP contribution in [0.3, 0.4) is 0 Å². The smallest absolute Gasteiger partial charge is 0.302 e. The second-order valence-electron chi connectivity index (χ2n) is 5.49. The van der Waals surface area contributed by atoms with Gasteiger partial charge in [-0.05, 0) is 11.8 Å². The molecule has 2 heteroatoms. The van der Waals surface area contributed by atoms with E-state index in [1.165, 1.54) is 52.6 Å². The molecule has 0 radical (unpaired) electrons. The van der Waals surface area contributed by atoms with Gasteiger partial charge in [-0.15, -0.1) is 0 Å². The minimum absolute atomic E-state index is 0.245. The fraction of sp³-hybridized carbons (Fsp3) is 0.933. The molecule has 0 saturated heterocycles. The molecule has 0 aromatic rings. The minimum atomic E-state index is -0.245. The normalized spacial score (nSPS) is 22.5. The lowest BCUT2D eigenvalue weighted by atomic mass is 9.73. The molecule has 0 heterocycles. The Morgan fingerprint density at radius 2 is 1.12 bits per heavy atom. The first kappa shape index (κ1) is 14.5. The first-order valence-corrected chi connectivity index (χ1v) is 7.28. The van der Waals surface area contributed by atoms with Crippen LogP contribution < -0.4 is 0 Å². The highest BCUT2D eigenvalue weighted by Gasteiger charge is 2.24. The number of carbonyl (C=O) groups excluding carboxylic acids is 1. The zero-order valence-electron chi connectivity index (χ0n) is 11.5. The molecule has 0 spiro atoms. The van der Waals surface area contributed by atoms with Gasteiger partial charge in [-0.3, -0.25) is 4.79 Å². The molecule has 2 nitrogen and oxygen atoms in total. The van der Waals surface area contributed by atoms with Crippen molar-refractivity contribution >= 4 is 5.97 Å². The summed E-state index contributed by atoms with van der Waals surface area (Å²) in [5, 5.41) is 0. The van der Waals surface area contributed by atoms with Crippen LogP contribution in [0.25, 0.3) is 0 Å². The quantitative estimate of drug-likeness (QED) is 0.638. The molecule has 2 rings (SSSR count). The van der Waals surface area contributed by atoms with Crippen LogP contribution in [0, 0.1) is 11.8 Å². The van der Waals surface area contributed by atoms with Crippen molar-refractivity contribution in [1.82, 2.24) is 0 Å². The number of rotatable bonds is 1. The maximum atomic E-state index is 9.59. The van der Waals surface area contributed by atoms with Gasteiger partial charge in [-0.2, -0.15) is 0 Å². The molecule has 17 heavy (non-hydrogen) atoms. The lowest BCUT2D eigenvalue weighted by Gasteiger charge is -2.32. The van der Waals surface area contributed by atoms with E-state index in [0.29, 0.717) is 0 Å². The Morgan fingerprint density at radius 1 is 0.824 bits per heavy atom. The van der Waals surface area contributed by atoms with Crippen molar-refractivity contribution in [1.29, 1.82) is 0 Å². The van der Waals surface area contributed by atoms with E-state index in [9.17, 15) is 4.79 Å². The lowest BCUT2D eigenvalue weighted by molar-refractivity contribution is -0.137. The summed E-state index contributed by atoms with van der Waals surface area (Å²) in [4.78, 5) is 9.59. The third-order valence-electron chi connectivity index (χ3n) is 4.25. The Bertz CT molecular complexity index is 185. The van der Waals surface area contributed by atoms with E-state index >= 15 is 0 Å². The van der Waals surface area contributed by atoms with E-state index < -0.39 is 0 Å². The van der Waals surface area contributed by atoms with E-state index in [0.717, 1.165) is 11.8 Å². The molecule has 2 aliphatic carbocycles. The van der Waals surface area contributed by atoms with Gasteiger partial charge in [0.2, 0.25) is 0 Å². The SMILES string of the molecule is C1CCC(C2CCCCC2)CC1.COC(C)=O. The topological polar surface area (TPSA) is 26.3 Å². The Balaban J connectivity index is 0.000000249. The van der Waals surface area contributed by atoms with Gasteiger partial charge in [0.05, 0.1) is 7.11 Å². The van der Waals surface area contributed by atoms with Crippen LogP contribution in [0.5, 0.6) is 0 Å². The second-order valence-corrected chi connectivity index (χ2v) is 5.49. The zero-order valence-corrected chi connectivity index (χ0v) is 11.5. The van der Waals surface area contributed by atoms with Crippen molar-refractivity contribution in [3.8, 4) is 0 Å². The Kier molecular flexibility index (Phi) is 7.30. The summed E-state index contributed by atoms with van der Waals surface area (Å²) in [6.45, 7) is 1.36. The van der Waals surface area contributed by atoms with Crippen LogP contribution in [0.1, 0.15) is 71.1 Å². The zero-order chi connectivity index (χ0) is 12.5. The Morgan fingerprint density at radius 3 is 1.35 bits per heavy atom. The molecule has 0 aliphatic heterocycles. The van der Waals surface area contributed by atoms with E-state index in [2.05, 4.69) is 4.74 Å². The standard InChI is InChI=1S/C12H22.C3H6O2/c1-3-7-11(8-4-1)12-9-5-2-6-10-12;1-3(4)5-2/h11-12H,1-10H2;1-2H3. The maximum absolute atomic E-state index is 9.59. The monoisotopic (exact) mass is 240 g/mol. The average molecular weight is 240 g/mol. The summed E-state index contributed by atoms with van der Waals surface area (Å²) in [6.07, 6.45) is 15.4. The fourth-order valence-electron chi connectivity index (χ4n) is 3.21. The van der Waals surface area contributed by atoms with Gasteiger partial charge in [-0.25, -0.2) is 0 Å². The summed E-state index contributed by atoms with van der Waals surface area (Å²) in [7, 11) is 1.35. The highest BCUT2D eigenvalue weighted by molar-refractivity contribution is 5.65. The van der Waals surface area contributed by atoms with Crippen LogP contribution in [0.2, 0.25) is 0 Å². The van der Waals surface area contributed by atoms with Crippen molar-refractivity contribution in [2.75, 3.05) is 7.11 Å². The Labute approximate surface area is 106 Å². The number of carbonyl (C=O) groups is 1. The number of ether oxygens (including phenoxy) is 1. The van der Waals surface area contributed by atoms with Gasteiger partial charge in [0.25, 0.3) is 0 Å². The highest BCUT2D eigenvalue weighted by atomic mass is 16.5. The third-order valence-corrected chi connectivity index (χ3v) is 4.25. The number of hydrogen-bond acceptors (Lipinski definition) is 2. The second kappa shape index (κ2) is 8.54. The van der Waals surface area contributed by atoms with Gasteiger partial charge in [-0.1, -0.05) is 64.2 Å². The predicted octanol–water partition coefficient (Wildman–Crippen LogP) is 4.33. The predicted molar refractivity (Wildman–Crippen MR) is 70.8 cm³/mol. The van der Waals surface area contributed by atoms with Crippen LogP contribution in [0.15, 0.2) is 0 Å². The van der Waals surface area contributed by atoms with Crippen LogP contribution in [-0.2, 0) is 9.53 Å². The summed E-state index contributed by atoms with van der Waals surface area (Å²) in [5.41, 5.74) is 0. The summed E-state index contributed by atoms with van der Waals surface area (Å²) in [6, 6.07) is 0. The van der Waals surface area contributed by atoms with Crippen molar-refractivity contribution in [3.63, 3.8) is 0 Å². The molecule has 100 valence electrons. The van der Waals surface area contributed by atoms with Crippen molar-refractivity contribution in [3.05, 3.63) is 0 Å². The number of esters is 1. The molecule has 0 atom stereocenters. The van der Waals surface area contributed by atoms with E-state index in [1.54, 1.807) is 25.7 Å². The molecule has 0 aromatic carbocycles. The number of methoxy groups -OCH3 is 1. The lowest BCUT2D eigenvalue weighted by Crippen LogP contribution is -2.20. The minimum Gasteiger partial charge on any atom is -0.469 e. The molecule has 0 unspecified atom stereocenters. The van der Waals surface area contributed by atoms with Gasteiger partial charge in [0.1, 0.15) is 0 Å².